The molecule has 0 bridgehead atoms. The summed E-state index contributed by atoms with van der Waals surface area (Å²) in [6.45, 7) is 1.72. The van der Waals surface area contributed by atoms with Gasteiger partial charge in [0.05, 0.1) is 0 Å². The first-order valence-electron chi connectivity index (χ1n) is 6.33. The number of carboxylic acids is 1. The van der Waals surface area contributed by atoms with Crippen molar-refractivity contribution >= 4 is 44.7 Å². The van der Waals surface area contributed by atoms with Crippen molar-refractivity contribution in [2.45, 2.75) is 24.6 Å². The molecule has 0 aliphatic carbocycles. The van der Waals surface area contributed by atoms with E-state index in [1.165, 1.54) is 11.8 Å². The summed E-state index contributed by atoms with van der Waals surface area (Å²) in [5.74, 6) is -1.30. The van der Waals surface area contributed by atoms with Crippen molar-refractivity contribution < 1.29 is 19.5 Å². The topological polar surface area (TPSA) is 74.7 Å². The largest absolute Gasteiger partial charge is 0.479 e. The molecule has 0 aromatic heterocycles. The summed E-state index contributed by atoms with van der Waals surface area (Å²) in [6.07, 6.45) is 0.199. The van der Waals surface area contributed by atoms with Gasteiger partial charge in [0.1, 0.15) is 0 Å². The Hall–Kier alpha value is -1.34. The van der Waals surface area contributed by atoms with Crippen molar-refractivity contribution in [3.05, 3.63) is 34.3 Å². The molecule has 1 aromatic rings. The summed E-state index contributed by atoms with van der Waals surface area (Å²) in [5, 5.41) is 9.22. The Kier molecular flexibility index (Phi) is 5.05. The molecule has 1 amide bonds. The van der Waals surface area contributed by atoms with Gasteiger partial charge in [0.2, 0.25) is 5.91 Å². The predicted molar refractivity (Wildman–Crippen MR) is 82.9 cm³/mol. The summed E-state index contributed by atoms with van der Waals surface area (Å²) in [6, 6.07) is 5.84. The van der Waals surface area contributed by atoms with Gasteiger partial charge in [-0.3, -0.25) is 9.59 Å². The second-order valence-corrected chi connectivity index (χ2v) is 7.17. The summed E-state index contributed by atoms with van der Waals surface area (Å²) < 4.78 is 0.841. The summed E-state index contributed by atoms with van der Waals surface area (Å²) in [7, 11) is 0. The Morgan fingerprint density at radius 3 is 2.52 bits per heavy atom. The number of amides is 1. The van der Waals surface area contributed by atoms with Crippen LogP contribution in [0.3, 0.4) is 0 Å². The summed E-state index contributed by atoms with van der Waals surface area (Å²) >= 11 is 4.39. The van der Waals surface area contributed by atoms with Crippen molar-refractivity contribution in [2.24, 2.45) is 0 Å². The number of carbonyl (C=O) groups is 3. The number of carboxylic acid groups (broad SMARTS) is 1. The number of likely N-dealkylation sites (tertiary alicyclic amines) is 1. The number of aliphatic carboxylic acids is 1. The van der Waals surface area contributed by atoms with Crippen LogP contribution in [-0.4, -0.2) is 38.8 Å². The number of nitrogens with zero attached hydrogens (tertiary/aromatic N) is 1. The van der Waals surface area contributed by atoms with Crippen LogP contribution in [0.25, 0.3) is 0 Å². The highest BCUT2D eigenvalue weighted by atomic mass is 79.9. The molecule has 1 N–H and O–H groups in total. The van der Waals surface area contributed by atoms with Crippen molar-refractivity contribution in [3.63, 3.8) is 0 Å². The van der Waals surface area contributed by atoms with Crippen molar-refractivity contribution in [1.82, 2.24) is 4.90 Å². The van der Waals surface area contributed by atoms with Gasteiger partial charge in [-0.1, -0.05) is 39.8 Å². The zero-order valence-electron chi connectivity index (χ0n) is 11.3. The van der Waals surface area contributed by atoms with Crippen molar-refractivity contribution in [3.8, 4) is 0 Å². The molecule has 2 atom stereocenters. The number of thioether (sulfide) groups is 1. The molecule has 1 aliphatic rings. The minimum atomic E-state index is -1.07. The zero-order valence-corrected chi connectivity index (χ0v) is 13.7. The molecule has 1 aromatic carbocycles. The third kappa shape index (κ3) is 3.85. The van der Waals surface area contributed by atoms with E-state index in [9.17, 15) is 19.5 Å². The van der Waals surface area contributed by atoms with Crippen LogP contribution in [-0.2, 0) is 14.4 Å². The average molecular weight is 372 g/mol. The normalized spacial score (nSPS) is 19.6. The van der Waals surface area contributed by atoms with E-state index in [0.717, 1.165) is 16.2 Å². The fraction of sp³-hybridized carbons (Fsp3) is 0.357. The van der Waals surface area contributed by atoms with Crippen LogP contribution < -0.4 is 0 Å². The van der Waals surface area contributed by atoms with Gasteiger partial charge in [-0.05, 0) is 17.7 Å². The fourth-order valence-corrected chi connectivity index (χ4v) is 3.56. The second-order valence-electron chi connectivity index (χ2n) is 4.77. The van der Waals surface area contributed by atoms with Gasteiger partial charge in [0.15, 0.2) is 11.2 Å². The molecular formula is C14H14BrNO4S. The maximum atomic E-state index is 12.1. The van der Waals surface area contributed by atoms with E-state index >= 15 is 0 Å². The summed E-state index contributed by atoms with van der Waals surface area (Å²) in [5.41, 5.74) is 0.549. The van der Waals surface area contributed by atoms with E-state index in [1.807, 2.05) is 0 Å². The van der Waals surface area contributed by atoms with E-state index in [-0.39, 0.29) is 29.2 Å². The minimum Gasteiger partial charge on any atom is -0.479 e. The highest BCUT2D eigenvalue weighted by Crippen LogP contribution is 2.32. The Morgan fingerprint density at radius 2 is 2.00 bits per heavy atom. The Bertz CT molecular complexity index is 575. The maximum Gasteiger partial charge on any atom is 0.331 e. The Labute approximate surface area is 134 Å². The first kappa shape index (κ1) is 16.0. The lowest BCUT2D eigenvalue weighted by Crippen LogP contribution is -2.35. The number of halogens is 1. The summed E-state index contributed by atoms with van der Waals surface area (Å²) in [4.78, 5) is 36.1. The fourth-order valence-electron chi connectivity index (χ4n) is 2.36. The van der Waals surface area contributed by atoms with Gasteiger partial charge in [0, 0.05) is 29.6 Å². The molecule has 1 heterocycles. The molecule has 2 unspecified atom stereocenters. The molecule has 0 saturated carbocycles. The van der Waals surface area contributed by atoms with E-state index < -0.39 is 12.0 Å². The smallest absolute Gasteiger partial charge is 0.331 e. The van der Waals surface area contributed by atoms with E-state index in [0.29, 0.717) is 5.56 Å². The van der Waals surface area contributed by atoms with Gasteiger partial charge in [-0.15, -0.1) is 0 Å². The van der Waals surface area contributed by atoms with E-state index in [1.54, 1.807) is 24.3 Å². The van der Waals surface area contributed by atoms with Gasteiger partial charge < -0.3 is 10.0 Å². The minimum absolute atomic E-state index is 0.0647. The van der Waals surface area contributed by atoms with Gasteiger partial charge >= 0.3 is 5.97 Å². The van der Waals surface area contributed by atoms with Crippen molar-refractivity contribution in [2.75, 3.05) is 6.54 Å². The zero-order chi connectivity index (χ0) is 15.6. The van der Waals surface area contributed by atoms with Crippen LogP contribution in [0.4, 0.5) is 0 Å². The number of hydrogen-bond donors (Lipinski definition) is 1. The van der Waals surface area contributed by atoms with Crippen LogP contribution in [0.2, 0.25) is 0 Å². The first-order valence-corrected chi connectivity index (χ1v) is 8.00. The molecule has 21 heavy (non-hydrogen) atoms. The highest BCUT2D eigenvalue weighted by molar-refractivity contribution is 9.10. The number of rotatable bonds is 4. The number of carbonyl (C=O) groups excluding carboxylic acids is 2. The predicted octanol–water partition coefficient (Wildman–Crippen LogP) is 2.46. The van der Waals surface area contributed by atoms with E-state index in [4.69, 9.17) is 0 Å². The average Bonchev–Trinajstić information content (AvgIpc) is 2.71. The quantitative estimate of drug-likeness (QED) is 0.879. The van der Waals surface area contributed by atoms with Crippen LogP contribution >= 0.6 is 27.7 Å². The molecule has 5 nitrogen and oxygen atoms in total. The third-order valence-electron chi connectivity index (χ3n) is 3.19. The Balaban J connectivity index is 2.23. The lowest BCUT2D eigenvalue weighted by molar-refractivity contribution is -0.148. The SMILES string of the molecule is CC(=O)SC1CC(=O)N(C(C(=O)O)c2ccc(Br)cc2)C1. The van der Waals surface area contributed by atoms with Crippen LogP contribution in [0.15, 0.2) is 28.7 Å². The van der Waals surface area contributed by atoms with E-state index in [2.05, 4.69) is 15.9 Å². The number of hydrogen-bond acceptors (Lipinski definition) is 4. The van der Waals surface area contributed by atoms with Crippen LogP contribution in [0.1, 0.15) is 24.9 Å². The second kappa shape index (κ2) is 6.62. The highest BCUT2D eigenvalue weighted by Gasteiger charge is 2.39. The Morgan fingerprint density at radius 1 is 1.38 bits per heavy atom. The molecule has 1 aliphatic heterocycles. The molecule has 2 rings (SSSR count). The lowest BCUT2D eigenvalue weighted by Gasteiger charge is -2.25. The standard InChI is InChI=1S/C14H14BrNO4S/c1-8(17)21-11-6-12(18)16(7-11)13(14(19)20)9-2-4-10(15)5-3-9/h2-5,11,13H,6-7H2,1H3,(H,19,20). The first-order chi connectivity index (χ1) is 9.88. The molecule has 1 fully saturated rings. The molecule has 112 valence electrons. The lowest BCUT2D eigenvalue weighted by atomic mass is 10.1. The molecule has 1 saturated heterocycles. The van der Waals surface area contributed by atoms with Crippen molar-refractivity contribution in [1.29, 1.82) is 0 Å². The number of benzene rings is 1. The molecular weight excluding hydrogens is 358 g/mol. The monoisotopic (exact) mass is 371 g/mol. The van der Waals surface area contributed by atoms with Gasteiger partial charge in [-0.2, -0.15) is 0 Å². The maximum absolute atomic E-state index is 12.1. The molecule has 0 radical (unpaired) electrons. The molecule has 7 heteroatoms. The van der Waals surface area contributed by atoms with Gasteiger partial charge in [-0.25, -0.2) is 4.79 Å². The third-order valence-corrected chi connectivity index (χ3v) is 4.70. The van der Waals surface area contributed by atoms with Gasteiger partial charge in [0.25, 0.3) is 0 Å². The van der Waals surface area contributed by atoms with Crippen LogP contribution in [0, 0.1) is 0 Å². The van der Waals surface area contributed by atoms with Crippen LogP contribution in [0.5, 0.6) is 0 Å². The molecule has 0 spiro atoms.